The van der Waals surface area contributed by atoms with Crippen molar-refractivity contribution in [2.75, 3.05) is 45.2 Å². The van der Waals surface area contributed by atoms with Crippen LogP contribution in [0.3, 0.4) is 0 Å². The van der Waals surface area contributed by atoms with E-state index in [9.17, 15) is 18.0 Å². The van der Waals surface area contributed by atoms with Gasteiger partial charge in [0.05, 0.1) is 24.2 Å². The quantitative estimate of drug-likeness (QED) is 0.675. The van der Waals surface area contributed by atoms with Crippen molar-refractivity contribution in [3.05, 3.63) is 18.2 Å². The Hall–Kier alpha value is -2.33. The molecule has 27 heavy (non-hydrogen) atoms. The molecule has 1 saturated heterocycles. The summed E-state index contributed by atoms with van der Waals surface area (Å²) in [4.78, 5) is 25.2. The van der Waals surface area contributed by atoms with Gasteiger partial charge in [-0.25, -0.2) is 13.2 Å². The molecule has 9 nitrogen and oxygen atoms in total. The van der Waals surface area contributed by atoms with E-state index < -0.39 is 16.1 Å². The van der Waals surface area contributed by atoms with Gasteiger partial charge in [0.2, 0.25) is 15.9 Å². The minimum atomic E-state index is -3.66. The van der Waals surface area contributed by atoms with Crippen molar-refractivity contribution in [3.63, 3.8) is 0 Å². The second kappa shape index (κ2) is 9.05. The second-order valence-corrected chi connectivity index (χ2v) is 7.79. The van der Waals surface area contributed by atoms with Crippen LogP contribution < -0.4 is 10.1 Å². The van der Waals surface area contributed by atoms with Crippen LogP contribution in [0.25, 0.3) is 0 Å². The SMILES string of the molecule is CCN(CC)S(=O)(=O)c1ccc(OC)c(NC(=O)CCN2CCOC2=O)c1. The molecule has 0 unspecified atom stereocenters. The lowest BCUT2D eigenvalue weighted by atomic mass is 10.2. The van der Waals surface area contributed by atoms with Gasteiger partial charge >= 0.3 is 6.09 Å². The highest BCUT2D eigenvalue weighted by Gasteiger charge is 2.24. The Labute approximate surface area is 159 Å². The number of anilines is 1. The Bertz CT molecular complexity index is 792. The lowest BCUT2D eigenvalue weighted by molar-refractivity contribution is -0.116. The summed E-state index contributed by atoms with van der Waals surface area (Å²) in [6, 6.07) is 4.33. The number of hydrogen-bond acceptors (Lipinski definition) is 6. The molecular weight excluding hydrogens is 374 g/mol. The fourth-order valence-corrected chi connectivity index (χ4v) is 4.22. The number of hydrogen-bond donors (Lipinski definition) is 1. The van der Waals surface area contributed by atoms with E-state index in [1.807, 2.05) is 0 Å². The Balaban J connectivity index is 2.15. The average Bonchev–Trinajstić information content (AvgIpc) is 3.05. The molecule has 0 aliphatic carbocycles. The third-order valence-corrected chi connectivity index (χ3v) is 6.29. The van der Waals surface area contributed by atoms with Crippen LogP contribution >= 0.6 is 0 Å². The number of benzene rings is 1. The van der Waals surface area contributed by atoms with Gasteiger partial charge in [-0.2, -0.15) is 4.31 Å². The summed E-state index contributed by atoms with van der Waals surface area (Å²) in [5, 5.41) is 2.66. The highest BCUT2D eigenvalue weighted by molar-refractivity contribution is 7.89. The van der Waals surface area contributed by atoms with Crippen molar-refractivity contribution in [3.8, 4) is 5.75 Å². The Morgan fingerprint density at radius 3 is 2.59 bits per heavy atom. The molecule has 0 aromatic heterocycles. The lowest BCUT2D eigenvalue weighted by Gasteiger charge is -2.20. The van der Waals surface area contributed by atoms with Gasteiger partial charge in [0, 0.05) is 26.1 Å². The maximum atomic E-state index is 12.7. The number of carbonyl (C=O) groups excluding carboxylic acids is 2. The maximum Gasteiger partial charge on any atom is 0.409 e. The number of rotatable bonds is 9. The number of carbonyl (C=O) groups is 2. The third kappa shape index (κ3) is 4.89. The fraction of sp³-hybridized carbons (Fsp3) is 0.529. The molecule has 1 fully saturated rings. The van der Waals surface area contributed by atoms with Crippen molar-refractivity contribution in [2.24, 2.45) is 0 Å². The summed E-state index contributed by atoms with van der Waals surface area (Å²) in [6.07, 6.45) is -0.377. The molecule has 0 spiro atoms. The van der Waals surface area contributed by atoms with E-state index in [2.05, 4.69) is 5.32 Å². The van der Waals surface area contributed by atoms with E-state index in [4.69, 9.17) is 9.47 Å². The molecule has 2 amide bonds. The standard InChI is InChI=1S/C17H25N3O6S/c1-4-20(5-2)27(23,24)13-6-7-15(25-3)14(12-13)18-16(21)8-9-19-10-11-26-17(19)22/h6-7,12H,4-5,8-11H2,1-3H3,(H,18,21). The summed E-state index contributed by atoms with van der Waals surface area (Å²) in [7, 11) is -2.23. The first kappa shape index (κ1) is 21.0. The Morgan fingerprint density at radius 1 is 1.33 bits per heavy atom. The van der Waals surface area contributed by atoms with Crippen LogP contribution in [-0.4, -0.2) is 69.5 Å². The molecule has 1 aromatic carbocycles. The molecular formula is C17H25N3O6S. The van der Waals surface area contributed by atoms with Gasteiger partial charge in [-0.05, 0) is 18.2 Å². The Kier molecular flexibility index (Phi) is 7.03. The molecule has 10 heteroatoms. The molecule has 2 rings (SSSR count). The molecule has 0 radical (unpaired) electrons. The van der Waals surface area contributed by atoms with E-state index in [1.54, 1.807) is 13.8 Å². The number of methoxy groups -OCH3 is 1. The number of nitrogens with zero attached hydrogens (tertiary/aromatic N) is 2. The second-order valence-electron chi connectivity index (χ2n) is 5.85. The minimum Gasteiger partial charge on any atom is -0.495 e. The van der Waals surface area contributed by atoms with Gasteiger partial charge in [0.1, 0.15) is 12.4 Å². The first-order chi connectivity index (χ1) is 12.8. The highest BCUT2D eigenvalue weighted by atomic mass is 32.2. The van der Waals surface area contributed by atoms with Gasteiger partial charge in [-0.3, -0.25) is 4.79 Å². The largest absolute Gasteiger partial charge is 0.495 e. The molecule has 1 aliphatic rings. The highest BCUT2D eigenvalue weighted by Crippen LogP contribution is 2.29. The van der Waals surface area contributed by atoms with Crippen LogP contribution in [0.4, 0.5) is 10.5 Å². The molecule has 0 saturated carbocycles. The van der Waals surface area contributed by atoms with E-state index in [1.165, 1.54) is 34.5 Å². The number of cyclic esters (lactones) is 1. The molecule has 150 valence electrons. The predicted octanol–water partition coefficient (Wildman–Crippen LogP) is 1.51. The van der Waals surface area contributed by atoms with Crippen molar-refractivity contribution >= 4 is 27.7 Å². The predicted molar refractivity (Wildman–Crippen MR) is 99.3 cm³/mol. The summed E-state index contributed by atoms with van der Waals surface area (Å²) in [6.45, 7) is 5.21. The van der Waals surface area contributed by atoms with Crippen molar-refractivity contribution in [1.82, 2.24) is 9.21 Å². The lowest BCUT2D eigenvalue weighted by Crippen LogP contribution is -2.30. The van der Waals surface area contributed by atoms with Gasteiger partial charge in [-0.1, -0.05) is 13.8 Å². The number of nitrogens with one attached hydrogen (secondary N) is 1. The molecule has 1 N–H and O–H groups in total. The number of ether oxygens (including phenoxy) is 2. The van der Waals surface area contributed by atoms with Gasteiger partial charge in [-0.15, -0.1) is 0 Å². The summed E-state index contributed by atoms with van der Waals surface area (Å²) < 4.78 is 36.7. The first-order valence-corrected chi connectivity index (χ1v) is 10.2. The smallest absolute Gasteiger partial charge is 0.409 e. The average molecular weight is 399 g/mol. The van der Waals surface area contributed by atoms with Crippen molar-refractivity contribution < 1.29 is 27.5 Å². The fourth-order valence-electron chi connectivity index (χ4n) is 2.74. The minimum absolute atomic E-state index is 0.0608. The molecule has 0 atom stereocenters. The van der Waals surface area contributed by atoms with Crippen LogP contribution in [0, 0.1) is 0 Å². The van der Waals surface area contributed by atoms with E-state index in [0.29, 0.717) is 32.0 Å². The van der Waals surface area contributed by atoms with Gasteiger partial charge < -0.3 is 19.7 Å². The van der Waals surface area contributed by atoms with Gasteiger partial charge in [0.25, 0.3) is 0 Å². The third-order valence-electron chi connectivity index (χ3n) is 4.24. The summed E-state index contributed by atoms with van der Waals surface area (Å²) in [5.41, 5.74) is 0.264. The monoisotopic (exact) mass is 399 g/mol. The van der Waals surface area contributed by atoms with E-state index in [-0.39, 0.29) is 29.5 Å². The zero-order chi connectivity index (χ0) is 20.0. The zero-order valence-corrected chi connectivity index (χ0v) is 16.5. The van der Waals surface area contributed by atoms with E-state index in [0.717, 1.165) is 0 Å². The maximum absolute atomic E-state index is 12.7. The topological polar surface area (TPSA) is 105 Å². The molecule has 1 aromatic rings. The van der Waals surface area contributed by atoms with Crippen molar-refractivity contribution in [2.45, 2.75) is 25.2 Å². The van der Waals surface area contributed by atoms with Crippen LogP contribution in [0.15, 0.2) is 23.1 Å². The molecule has 1 heterocycles. The van der Waals surface area contributed by atoms with Crippen molar-refractivity contribution in [1.29, 1.82) is 0 Å². The summed E-state index contributed by atoms with van der Waals surface area (Å²) >= 11 is 0. The van der Waals surface area contributed by atoms with Crippen LogP contribution in [0.5, 0.6) is 5.75 Å². The van der Waals surface area contributed by atoms with Crippen LogP contribution in [-0.2, 0) is 19.6 Å². The number of amides is 2. The van der Waals surface area contributed by atoms with Crippen LogP contribution in [0.1, 0.15) is 20.3 Å². The first-order valence-electron chi connectivity index (χ1n) is 8.73. The van der Waals surface area contributed by atoms with E-state index >= 15 is 0 Å². The van der Waals surface area contributed by atoms with Gasteiger partial charge in [0.15, 0.2) is 0 Å². The Morgan fingerprint density at radius 2 is 2.04 bits per heavy atom. The molecule has 1 aliphatic heterocycles. The van der Waals surface area contributed by atoms with Crippen LogP contribution in [0.2, 0.25) is 0 Å². The zero-order valence-electron chi connectivity index (χ0n) is 15.7. The number of sulfonamides is 1. The molecule has 0 bridgehead atoms. The normalized spacial score (nSPS) is 14.4. The summed E-state index contributed by atoms with van der Waals surface area (Å²) in [5.74, 6) is -0.00665.